The van der Waals surface area contributed by atoms with E-state index >= 15 is 0 Å². The molecule has 5 nitrogen and oxygen atoms in total. The molecular weight excluding hydrogens is 240 g/mol. The summed E-state index contributed by atoms with van der Waals surface area (Å²) in [4.78, 5) is 9.02. The summed E-state index contributed by atoms with van der Waals surface area (Å²) in [5, 5.41) is 8.61. The fraction of sp³-hybridized carbons (Fsp3) is 0.357. The lowest BCUT2D eigenvalue weighted by Gasteiger charge is -2.02. The highest BCUT2D eigenvalue weighted by Gasteiger charge is 2.12. The molecule has 0 aliphatic carbocycles. The molecule has 2 rings (SSSR count). The smallest absolute Gasteiger partial charge is 0.106 e. The molecule has 0 saturated heterocycles. The van der Waals surface area contributed by atoms with Gasteiger partial charge in [0.1, 0.15) is 7.11 Å². The van der Waals surface area contributed by atoms with Crippen molar-refractivity contribution in [2.24, 2.45) is 5.16 Å². The first kappa shape index (κ1) is 13.3. The quantitative estimate of drug-likeness (QED) is 0.612. The lowest BCUT2D eigenvalue weighted by Crippen LogP contribution is -2.01. The SMILES string of the molecule is CCC/C(=N/OC)c1cn(-c2cccnc2)nc1C. The Morgan fingerprint density at radius 2 is 2.32 bits per heavy atom. The molecule has 0 atom stereocenters. The van der Waals surface area contributed by atoms with Gasteiger partial charge in [0.05, 0.1) is 23.3 Å². The lowest BCUT2D eigenvalue weighted by molar-refractivity contribution is 0.213. The Balaban J connectivity index is 2.38. The van der Waals surface area contributed by atoms with Crippen LogP contribution in [0.25, 0.3) is 5.69 Å². The minimum absolute atomic E-state index is 0.868. The van der Waals surface area contributed by atoms with Crippen LogP contribution in [0.15, 0.2) is 35.9 Å². The molecule has 0 aliphatic heterocycles. The second-order valence-corrected chi connectivity index (χ2v) is 4.25. The van der Waals surface area contributed by atoms with Crippen LogP contribution in [-0.2, 0) is 4.84 Å². The third-order valence-electron chi connectivity index (χ3n) is 2.81. The average molecular weight is 258 g/mol. The van der Waals surface area contributed by atoms with Gasteiger partial charge in [-0.3, -0.25) is 4.98 Å². The zero-order valence-electron chi connectivity index (χ0n) is 11.5. The van der Waals surface area contributed by atoms with Gasteiger partial charge in [0.15, 0.2) is 0 Å². The minimum atomic E-state index is 0.868. The summed E-state index contributed by atoms with van der Waals surface area (Å²) < 4.78 is 1.82. The number of hydrogen-bond donors (Lipinski definition) is 0. The first-order valence-electron chi connectivity index (χ1n) is 6.33. The van der Waals surface area contributed by atoms with Crippen LogP contribution < -0.4 is 0 Å². The molecule has 0 fully saturated rings. The summed E-state index contributed by atoms with van der Waals surface area (Å²) in [6.07, 6.45) is 7.38. The highest BCUT2D eigenvalue weighted by atomic mass is 16.6. The third-order valence-corrected chi connectivity index (χ3v) is 2.81. The molecule has 100 valence electrons. The number of hydrogen-bond acceptors (Lipinski definition) is 4. The summed E-state index contributed by atoms with van der Waals surface area (Å²) in [5.74, 6) is 0. The molecule has 0 amide bonds. The van der Waals surface area contributed by atoms with E-state index in [1.807, 2.05) is 29.9 Å². The molecule has 19 heavy (non-hydrogen) atoms. The first-order valence-corrected chi connectivity index (χ1v) is 6.33. The number of nitrogens with zero attached hydrogens (tertiary/aromatic N) is 4. The number of rotatable bonds is 5. The Morgan fingerprint density at radius 3 is 2.95 bits per heavy atom. The number of aryl methyl sites for hydroxylation is 1. The summed E-state index contributed by atoms with van der Waals surface area (Å²) in [5.41, 5.74) is 3.82. The van der Waals surface area contributed by atoms with E-state index < -0.39 is 0 Å². The Hall–Kier alpha value is -2.17. The molecule has 0 aliphatic rings. The second kappa shape index (κ2) is 6.13. The molecule has 2 heterocycles. The highest BCUT2D eigenvalue weighted by Crippen LogP contribution is 2.14. The van der Waals surface area contributed by atoms with Gasteiger partial charge in [0.2, 0.25) is 0 Å². The van der Waals surface area contributed by atoms with Gasteiger partial charge in [-0.15, -0.1) is 0 Å². The van der Waals surface area contributed by atoms with Crippen molar-refractivity contribution in [3.8, 4) is 5.69 Å². The molecule has 0 bridgehead atoms. The van der Waals surface area contributed by atoms with Crippen molar-refractivity contribution in [1.29, 1.82) is 0 Å². The Bertz CT molecular complexity index is 560. The molecule has 5 heteroatoms. The van der Waals surface area contributed by atoms with Crippen molar-refractivity contribution in [3.05, 3.63) is 42.0 Å². The monoisotopic (exact) mass is 258 g/mol. The summed E-state index contributed by atoms with van der Waals surface area (Å²) >= 11 is 0. The molecule has 0 N–H and O–H groups in total. The van der Waals surface area contributed by atoms with Gasteiger partial charge in [-0.25, -0.2) is 4.68 Å². The van der Waals surface area contributed by atoms with E-state index in [0.717, 1.165) is 35.5 Å². The molecule has 0 saturated carbocycles. The van der Waals surface area contributed by atoms with Crippen molar-refractivity contribution in [1.82, 2.24) is 14.8 Å². The Morgan fingerprint density at radius 1 is 1.47 bits per heavy atom. The average Bonchev–Trinajstić information content (AvgIpc) is 2.82. The van der Waals surface area contributed by atoms with Gasteiger partial charge >= 0.3 is 0 Å². The van der Waals surface area contributed by atoms with Gasteiger partial charge < -0.3 is 4.84 Å². The standard InChI is InChI=1S/C14H18N4O/c1-4-6-14(17-19-3)13-10-18(16-11(13)2)12-7-5-8-15-9-12/h5,7-10H,4,6H2,1-3H3/b17-14-. The summed E-state index contributed by atoms with van der Waals surface area (Å²) in [7, 11) is 1.57. The highest BCUT2D eigenvalue weighted by molar-refractivity contribution is 6.01. The van der Waals surface area contributed by atoms with E-state index in [0.29, 0.717) is 0 Å². The molecule has 2 aromatic rings. The van der Waals surface area contributed by atoms with Gasteiger partial charge in [0, 0.05) is 18.0 Å². The third kappa shape index (κ3) is 2.99. The fourth-order valence-electron chi connectivity index (χ4n) is 1.94. The van der Waals surface area contributed by atoms with Crippen LogP contribution in [0.4, 0.5) is 0 Å². The van der Waals surface area contributed by atoms with Crippen LogP contribution in [0.1, 0.15) is 31.0 Å². The molecule has 0 radical (unpaired) electrons. The van der Waals surface area contributed by atoms with Gasteiger partial charge in [-0.1, -0.05) is 18.5 Å². The Kier molecular flexibility index (Phi) is 4.28. The van der Waals surface area contributed by atoms with Crippen molar-refractivity contribution in [2.45, 2.75) is 26.7 Å². The summed E-state index contributed by atoms with van der Waals surface area (Å²) in [6, 6.07) is 3.86. The predicted octanol–water partition coefficient (Wildman–Crippen LogP) is 2.73. The molecule has 2 aromatic heterocycles. The zero-order valence-corrected chi connectivity index (χ0v) is 11.5. The van der Waals surface area contributed by atoms with Crippen LogP contribution in [0.5, 0.6) is 0 Å². The predicted molar refractivity (Wildman–Crippen MR) is 74.6 cm³/mol. The maximum absolute atomic E-state index is 4.92. The molecule has 0 aromatic carbocycles. The van der Waals surface area contributed by atoms with E-state index in [1.54, 1.807) is 19.5 Å². The Labute approximate surface area is 112 Å². The number of pyridine rings is 1. The van der Waals surface area contributed by atoms with Crippen LogP contribution in [0, 0.1) is 6.92 Å². The molecule has 0 unspecified atom stereocenters. The fourth-order valence-corrected chi connectivity index (χ4v) is 1.94. The van der Waals surface area contributed by atoms with E-state index in [-0.39, 0.29) is 0 Å². The van der Waals surface area contributed by atoms with Crippen molar-refractivity contribution in [2.75, 3.05) is 7.11 Å². The van der Waals surface area contributed by atoms with Crippen molar-refractivity contribution in [3.63, 3.8) is 0 Å². The maximum Gasteiger partial charge on any atom is 0.106 e. The van der Waals surface area contributed by atoms with E-state index in [1.165, 1.54) is 0 Å². The van der Waals surface area contributed by atoms with E-state index in [4.69, 9.17) is 4.84 Å². The van der Waals surface area contributed by atoms with Gasteiger partial charge in [-0.05, 0) is 25.5 Å². The van der Waals surface area contributed by atoms with Crippen LogP contribution in [-0.4, -0.2) is 27.6 Å². The van der Waals surface area contributed by atoms with Gasteiger partial charge in [0.25, 0.3) is 0 Å². The van der Waals surface area contributed by atoms with Crippen molar-refractivity contribution < 1.29 is 4.84 Å². The van der Waals surface area contributed by atoms with Gasteiger partial charge in [-0.2, -0.15) is 5.10 Å². The lowest BCUT2D eigenvalue weighted by atomic mass is 10.1. The second-order valence-electron chi connectivity index (χ2n) is 4.25. The minimum Gasteiger partial charge on any atom is -0.399 e. The van der Waals surface area contributed by atoms with E-state index in [9.17, 15) is 0 Å². The van der Waals surface area contributed by atoms with Crippen molar-refractivity contribution >= 4 is 5.71 Å². The normalized spacial score (nSPS) is 11.6. The van der Waals surface area contributed by atoms with Crippen LogP contribution in [0.2, 0.25) is 0 Å². The molecule has 0 spiro atoms. The number of aromatic nitrogens is 3. The largest absolute Gasteiger partial charge is 0.399 e. The summed E-state index contributed by atoms with van der Waals surface area (Å²) in [6.45, 7) is 4.09. The van der Waals surface area contributed by atoms with Crippen LogP contribution >= 0.6 is 0 Å². The zero-order chi connectivity index (χ0) is 13.7. The first-order chi connectivity index (χ1) is 9.26. The van der Waals surface area contributed by atoms with Crippen LogP contribution in [0.3, 0.4) is 0 Å². The topological polar surface area (TPSA) is 52.3 Å². The van der Waals surface area contributed by atoms with E-state index in [2.05, 4.69) is 22.2 Å². The number of oxime groups is 1. The molecular formula is C14H18N4O. The maximum atomic E-state index is 4.92.